The van der Waals surface area contributed by atoms with Crippen LogP contribution in [0.2, 0.25) is 0 Å². The first kappa shape index (κ1) is 17.6. The normalized spacial score (nSPS) is 13.6. The number of aromatic nitrogens is 3. The molecule has 0 unspecified atom stereocenters. The summed E-state index contributed by atoms with van der Waals surface area (Å²) in [4.78, 5) is 25.9. The first-order chi connectivity index (χ1) is 14.2. The third kappa shape index (κ3) is 3.61. The van der Waals surface area contributed by atoms with Crippen molar-refractivity contribution in [1.29, 1.82) is 0 Å². The van der Waals surface area contributed by atoms with Crippen molar-refractivity contribution in [3.63, 3.8) is 0 Å². The lowest BCUT2D eigenvalue weighted by Gasteiger charge is -2.13. The Balaban J connectivity index is 1.63. The SMILES string of the molecule is CC(=O)c1ccc2c(c1)nc(NCc1ccccc1)c1nc(NC3CC3)ncc12. The van der Waals surface area contributed by atoms with E-state index in [-0.39, 0.29) is 5.78 Å². The summed E-state index contributed by atoms with van der Waals surface area (Å²) in [6, 6.07) is 16.2. The largest absolute Gasteiger partial charge is 0.364 e. The van der Waals surface area contributed by atoms with Crippen LogP contribution in [0.4, 0.5) is 11.8 Å². The highest BCUT2D eigenvalue weighted by molar-refractivity contribution is 6.10. The van der Waals surface area contributed by atoms with E-state index in [2.05, 4.69) is 27.8 Å². The summed E-state index contributed by atoms with van der Waals surface area (Å²) in [6.45, 7) is 2.20. The molecule has 0 spiro atoms. The molecule has 2 heterocycles. The zero-order valence-corrected chi connectivity index (χ0v) is 16.1. The van der Waals surface area contributed by atoms with E-state index < -0.39 is 0 Å². The maximum Gasteiger partial charge on any atom is 0.223 e. The van der Waals surface area contributed by atoms with Crippen LogP contribution in [0.25, 0.3) is 21.8 Å². The van der Waals surface area contributed by atoms with Crippen LogP contribution in [-0.4, -0.2) is 26.8 Å². The minimum atomic E-state index is 0.0211. The van der Waals surface area contributed by atoms with Crippen LogP contribution >= 0.6 is 0 Å². The molecule has 0 aliphatic heterocycles. The highest BCUT2D eigenvalue weighted by Gasteiger charge is 2.22. The Morgan fingerprint density at radius 2 is 1.90 bits per heavy atom. The average Bonchev–Trinajstić information content (AvgIpc) is 3.56. The molecule has 1 aliphatic carbocycles. The zero-order chi connectivity index (χ0) is 19.8. The topological polar surface area (TPSA) is 79.8 Å². The fraction of sp³-hybridized carbons (Fsp3) is 0.217. The number of nitrogens with one attached hydrogen (secondary N) is 2. The van der Waals surface area contributed by atoms with Crippen molar-refractivity contribution >= 4 is 39.4 Å². The average molecular weight is 383 g/mol. The first-order valence-electron chi connectivity index (χ1n) is 9.83. The number of anilines is 2. The molecule has 6 heteroatoms. The Morgan fingerprint density at radius 3 is 2.66 bits per heavy atom. The predicted molar refractivity (Wildman–Crippen MR) is 115 cm³/mol. The second-order valence-electron chi connectivity index (χ2n) is 7.46. The summed E-state index contributed by atoms with van der Waals surface area (Å²) >= 11 is 0. The van der Waals surface area contributed by atoms with Crippen molar-refractivity contribution < 1.29 is 4.79 Å². The van der Waals surface area contributed by atoms with Gasteiger partial charge in [-0.25, -0.2) is 15.0 Å². The monoisotopic (exact) mass is 383 g/mol. The van der Waals surface area contributed by atoms with Gasteiger partial charge in [0.2, 0.25) is 5.95 Å². The van der Waals surface area contributed by atoms with Gasteiger partial charge in [0.1, 0.15) is 5.52 Å². The van der Waals surface area contributed by atoms with Crippen molar-refractivity contribution in [2.45, 2.75) is 32.4 Å². The lowest BCUT2D eigenvalue weighted by atomic mass is 10.1. The van der Waals surface area contributed by atoms with Gasteiger partial charge in [-0.2, -0.15) is 0 Å². The number of hydrogen-bond acceptors (Lipinski definition) is 6. The molecule has 1 aliphatic rings. The molecule has 2 aromatic carbocycles. The molecule has 1 saturated carbocycles. The number of carbonyl (C=O) groups is 1. The van der Waals surface area contributed by atoms with Gasteiger partial charge < -0.3 is 10.6 Å². The van der Waals surface area contributed by atoms with Gasteiger partial charge in [0.15, 0.2) is 11.6 Å². The van der Waals surface area contributed by atoms with Gasteiger partial charge in [-0.3, -0.25) is 4.79 Å². The number of benzene rings is 2. The predicted octanol–water partition coefficient (Wildman–Crippen LogP) is 4.57. The van der Waals surface area contributed by atoms with Gasteiger partial charge in [-0.15, -0.1) is 0 Å². The molecule has 0 radical (unpaired) electrons. The lowest BCUT2D eigenvalue weighted by Crippen LogP contribution is -2.08. The van der Waals surface area contributed by atoms with Gasteiger partial charge in [-0.05, 0) is 31.4 Å². The van der Waals surface area contributed by atoms with Crippen LogP contribution in [0.1, 0.15) is 35.7 Å². The molecule has 29 heavy (non-hydrogen) atoms. The van der Waals surface area contributed by atoms with Gasteiger partial charge in [0, 0.05) is 35.1 Å². The Labute approximate surface area is 168 Å². The third-order valence-corrected chi connectivity index (χ3v) is 5.15. The molecule has 1 fully saturated rings. The summed E-state index contributed by atoms with van der Waals surface area (Å²) in [6.07, 6.45) is 4.16. The molecule has 4 aromatic rings. The van der Waals surface area contributed by atoms with Gasteiger partial charge in [0.25, 0.3) is 0 Å². The highest BCUT2D eigenvalue weighted by Crippen LogP contribution is 2.30. The Morgan fingerprint density at radius 1 is 1.07 bits per heavy atom. The van der Waals surface area contributed by atoms with Crippen molar-refractivity contribution in [2.24, 2.45) is 0 Å². The molecule has 144 valence electrons. The summed E-state index contributed by atoms with van der Waals surface area (Å²) in [5, 5.41) is 8.64. The number of carbonyl (C=O) groups excluding carboxylic acids is 1. The minimum Gasteiger partial charge on any atom is -0.364 e. The van der Waals surface area contributed by atoms with Crippen molar-refractivity contribution in [3.05, 3.63) is 65.9 Å². The van der Waals surface area contributed by atoms with Gasteiger partial charge in [-0.1, -0.05) is 42.5 Å². The molecule has 0 bridgehead atoms. The molecule has 0 saturated heterocycles. The number of fused-ring (bicyclic) bond motifs is 3. The van der Waals surface area contributed by atoms with Crippen LogP contribution in [0.3, 0.4) is 0 Å². The summed E-state index contributed by atoms with van der Waals surface area (Å²) < 4.78 is 0. The fourth-order valence-electron chi connectivity index (χ4n) is 3.39. The highest BCUT2D eigenvalue weighted by atomic mass is 16.1. The summed E-state index contributed by atoms with van der Waals surface area (Å²) in [7, 11) is 0. The number of Topliss-reactive ketones (excluding diaryl/α,β-unsaturated/α-hetero) is 1. The van der Waals surface area contributed by atoms with E-state index in [4.69, 9.17) is 9.97 Å². The van der Waals surface area contributed by atoms with Gasteiger partial charge in [0.05, 0.1) is 5.52 Å². The zero-order valence-electron chi connectivity index (χ0n) is 16.1. The van der Waals surface area contributed by atoms with Crippen LogP contribution in [0.5, 0.6) is 0 Å². The molecule has 5 rings (SSSR count). The quantitative estimate of drug-likeness (QED) is 0.375. The number of rotatable bonds is 6. The first-order valence-corrected chi connectivity index (χ1v) is 9.83. The Bertz CT molecular complexity index is 1220. The maximum absolute atomic E-state index is 11.8. The number of hydrogen-bond donors (Lipinski definition) is 2. The molecular weight excluding hydrogens is 362 g/mol. The molecule has 0 amide bonds. The number of pyridine rings is 1. The second-order valence-corrected chi connectivity index (χ2v) is 7.46. The Hall–Kier alpha value is -3.54. The third-order valence-electron chi connectivity index (χ3n) is 5.15. The second kappa shape index (κ2) is 7.13. The van der Waals surface area contributed by atoms with Crippen LogP contribution in [0.15, 0.2) is 54.7 Å². The molecule has 2 aromatic heterocycles. The molecule has 0 atom stereocenters. The number of nitrogens with zero attached hydrogens (tertiary/aromatic N) is 3. The standard InChI is InChI=1S/C23H21N5O/c1-14(29)16-7-10-18-19-13-25-23(26-17-8-9-17)28-21(19)22(27-20(18)11-16)24-12-15-5-3-2-4-6-15/h2-7,10-11,13,17H,8-9,12H2,1H3,(H,24,27)(H,25,26,28). The van der Waals surface area contributed by atoms with E-state index in [1.807, 2.05) is 42.6 Å². The van der Waals surface area contributed by atoms with E-state index >= 15 is 0 Å². The minimum absolute atomic E-state index is 0.0211. The summed E-state index contributed by atoms with van der Waals surface area (Å²) in [5.74, 6) is 1.34. The lowest BCUT2D eigenvalue weighted by molar-refractivity contribution is 0.101. The molecule has 6 nitrogen and oxygen atoms in total. The van der Waals surface area contributed by atoms with Crippen molar-refractivity contribution in [2.75, 3.05) is 10.6 Å². The van der Waals surface area contributed by atoms with E-state index in [1.54, 1.807) is 6.92 Å². The fourth-order valence-corrected chi connectivity index (χ4v) is 3.39. The smallest absolute Gasteiger partial charge is 0.223 e. The van der Waals surface area contributed by atoms with Crippen LogP contribution in [0, 0.1) is 0 Å². The summed E-state index contributed by atoms with van der Waals surface area (Å²) in [5.41, 5.74) is 3.34. The van der Waals surface area contributed by atoms with E-state index in [0.29, 0.717) is 29.9 Å². The van der Waals surface area contributed by atoms with E-state index in [0.717, 1.165) is 40.2 Å². The van der Waals surface area contributed by atoms with Crippen LogP contribution < -0.4 is 10.6 Å². The van der Waals surface area contributed by atoms with E-state index in [1.165, 1.54) is 0 Å². The van der Waals surface area contributed by atoms with Crippen molar-refractivity contribution in [1.82, 2.24) is 15.0 Å². The Kier molecular flexibility index (Phi) is 4.31. The molecule has 2 N–H and O–H groups in total. The molecular formula is C23H21N5O. The van der Waals surface area contributed by atoms with Crippen molar-refractivity contribution in [3.8, 4) is 0 Å². The number of ketones is 1. The van der Waals surface area contributed by atoms with Crippen LogP contribution in [-0.2, 0) is 6.54 Å². The van der Waals surface area contributed by atoms with E-state index in [9.17, 15) is 4.79 Å². The maximum atomic E-state index is 11.8. The van der Waals surface area contributed by atoms with Gasteiger partial charge >= 0.3 is 0 Å².